The molecule has 0 radical (unpaired) electrons. The molecule has 0 fully saturated rings. The number of carbonyl (C=O) groups excluding carboxylic acids is 1. The summed E-state index contributed by atoms with van der Waals surface area (Å²) in [4.78, 5) is 25.5. The molecule has 0 spiro atoms. The normalized spacial score (nSPS) is 18.4. The van der Waals surface area contributed by atoms with Crippen LogP contribution in [0.25, 0.3) is 0 Å². The molecule has 0 aromatic heterocycles. The van der Waals surface area contributed by atoms with E-state index in [2.05, 4.69) is 6.58 Å². The molecule has 1 amide bonds. The summed E-state index contributed by atoms with van der Waals surface area (Å²) >= 11 is 0. The van der Waals surface area contributed by atoms with E-state index in [0.717, 1.165) is 11.1 Å². The molecular formula is C17H21NO4. The average Bonchev–Trinajstić information content (AvgIpc) is 2.53. The van der Waals surface area contributed by atoms with Gasteiger partial charge in [0.2, 0.25) is 0 Å². The predicted octanol–water partition coefficient (Wildman–Crippen LogP) is 2.18. The Morgan fingerprint density at radius 2 is 2.23 bits per heavy atom. The second-order valence-electron chi connectivity index (χ2n) is 5.40. The molecule has 1 aromatic rings. The Balaban J connectivity index is 2.12. The number of hydrogen-bond acceptors (Lipinski definition) is 3. The molecule has 2 atom stereocenters. The lowest BCUT2D eigenvalue weighted by molar-refractivity contribution is -0.146. The van der Waals surface area contributed by atoms with Gasteiger partial charge in [-0.1, -0.05) is 30.3 Å². The maximum absolute atomic E-state index is 12.5. The maximum Gasteiger partial charge on any atom is 0.312 e. The summed E-state index contributed by atoms with van der Waals surface area (Å²) in [6.07, 6.45) is 1.83. The van der Waals surface area contributed by atoms with Crippen LogP contribution in [0.5, 0.6) is 0 Å². The number of hydrogen-bond donors (Lipinski definition) is 1. The number of carboxylic acids is 1. The van der Waals surface area contributed by atoms with Crippen LogP contribution in [0.1, 0.15) is 30.4 Å². The van der Waals surface area contributed by atoms with E-state index in [-0.39, 0.29) is 12.5 Å². The Hall–Kier alpha value is -2.14. The third kappa shape index (κ3) is 3.54. The summed E-state index contributed by atoms with van der Waals surface area (Å²) in [6.45, 7) is 6.34. The van der Waals surface area contributed by atoms with Crippen molar-refractivity contribution in [3.8, 4) is 0 Å². The fourth-order valence-corrected chi connectivity index (χ4v) is 2.64. The number of benzene rings is 1. The Kier molecular flexibility index (Phi) is 5.33. The first-order chi connectivity index (χ1) is 10.5. The Morgan fingerprint density at radius 3 is 2.91 bits per heavy atom. The second kappa shape index (κ2) is 7.22. The number of carboxylic acid groups (broad SMARTS) is 1. The SMILES string of the molecule is C=CCCOC(C)C(=O)N1Cc2ccccc2C(C(=O)O)C1. The number of ether oxygens (including phenoxy) is 1. The molecule has 1 aliphatic rings. The molecule has 0 saturated heterocycles. The van der Waals surface area contributed by atoms with E-state index >= 15 is 0 Å². The molecule has 1 aliphatic heterocycles. The van der Waals surface area contributed by atoms with Crippen molar-refractivity contribution in [3.63, 3.8) is 0 Å². The van der Waals surface area contributed by atoms with Gasteiger partial charge < -0.3 is 14.7 Å². The monoisotopic (exact) mass is 303 g/mol. The van der Waals surface area contributed by atoms with Crippen molar-refractivity contribution in [3.05, 3.63) is 48.0 Å². The van der Waals surface area contributed by atoms with Gasteiger partial charge in [-0.05, 0) is 24.5 Å². The molecule has 1 aromatic carbocycles. The van der Waals surface area contributed by atoms with Gasteiger partial charge in [0.25, 0.3) is 5.91 Å². The van der Waals surface area contributed by atoms with E-state index in [1.807, 2.05) is 24.3 Å². The number of rotatable bonds is 6. The van der Waals surface area contributed by atoms with Crippen LogP contribution in [0.2, 0.25) is 0 Å². The third-order valence-electron chi connectivity index (χ3n) is 3.84. The average molecular weight is 303 g/mol. The zero-order valence-corrected chi connectivity index (χ0v) is 12.7. The van der Waals surface area contributed by atoms with E-state index in [9.17, 15) is 14.7 Å². The van der Waals surface area contributed by atoms with Gasteiger partial charge in [-0.15, -0.1) is 6.58 Å². The summed E-state index contributed by atoms with van der Waals surface area (Å²) in [6, 6.07) is 7.37. The Labute approximate surface area is 130 Å². The molecule has 0 bridgehead atoms. The van der Waals surface area contributed by atoms with Crippen molar-refractivity contribution in [1.29, 1.82) is 0 Å². The highest BCUT2D eigenvalue weighted by Gasteiger charge is 2.33. The van der Waals surface area contributed by atoms with Gasteiger partial charge in [0, 0.05) is 13.1 Å². The van der Waals surface area contributed by atoms with Crippen LogP contribution in [-0.2, 0) is 20.9 Å². The highest BCUT2D eigenvalue weighted by Crippen LogP contribution is 2.29. The van der Waals surface area contributed by atoms with Crippen molar-refractivity contribution < 1.29 is 19.4 Å². The van der Waals surface area contributed by atoms with E-state index < -0.39 is 18.0 Å². The van der Waals surface area contributed by atoms with Gasteiger partial charge >= 0.3 is 5.97 Å². The van der Waals surface area contributed by atoms with E-state index in [1.165, 1.54) is 0 Å². The lowest BCUT2D eigenvalue weighted by Crippen LogP contribution is -2.45. The van der Waals surface area contributed by atoms with Gasteiger partial charge in [0.15, 0.2) is 0 Å². The van der Waals surface area contributed by atoms with Crippen LogP contribution in [0.15, 0.2) is 36.9 Å². The molecule has 2 unspecified atom stereocenters. The summed E-state index contributed by atoms with van der Waals surface area (Å²) < 4.78 is 5.47. The Morgan fingerprint density at radius 1 is 1.50 bits per heavy atom. The van der Waals surface area contributed by atoms with Crippen LogP contribution >= 0.6 is 0 Å². The molecule has 1 heterocycles. The van der Waals surface area contributed by atoms with Crippen molar-refractivity contribution in [2.24, 2.45) is 0 Å². The highest BCUT2D eigenvalue weighted by molar-refractivity contribution is 5.83. The molecule has 0 aliphatic carbocycles. The first kappa shape index (κ1) is 16.2. The number of carbonyl (C=O) groups is 2. The zero-order valence-electron chi connectivity index (χ0n) is 12.7. The second-order valence-corrected chi connectivity index (χ2v) is 5.40. The van der Waals surface area contributed by atoms with Gasteiger partial charge in [-0.25, -0.2) is 0 Å². The van der Waals surface area contributed by atoms with Crippen molar-refractivity contribution >= 4 is 11.9 Å². The highest BCUT2D eigenvalue weighted by atomic mass is 16.5. The number of fused-ring (bicyclic) bond motifs is 1. The fraction of sp³-hybridized carbons (Fsp3) is 0.412. The molecule has 5 nitrogen and oxygen atoms in total. The summed E-state index contributed by atoms with van der Waals surface area (Å²) in [7, 11) is 0. The van der Waals surface area contributed by atoms with Crippen LogP contribution in [-0.4, -0.2) is 41.1 Å². The van der Waals surface area contributed by atoms with Gasteiger partial charge in [-0.3, -0.25) is 9.59 Å². The first-order valence-electron chi connectivity index (χ1n) is 7.36. The van der Waals surface area contributed by atoms with Crippen molar-refractivity contribution in [1.82, 2.24) is 4.90 Å². The molecule has 118 valence electrons. The van der Waals surface area contributed by atoms with Crippen LogP contribution in [0, 0.1) is 0 Å². The third-order valence-corrected chi connectivity index (χ3v) is 3.84. The van der Waals surface area contributed by atoms with Gasteiger partial charge in [0.05, 0.1) is 12.5 Å². The largest absolute Gasteiger partial charge is 0.481 e. The maximum atomic E-state index is 12.5. The van der Waals surface area contributed by atoms with Crippen molar-refractivity contribution in [2.75, 3.05) is 13.2 Å². The van der Waals surface area contributed by atoms with Crippen molar-refractivity contribution in [2.45, 2.75) is 31.9 Å². The van der Waals surface area contributed by atoms with Gasteiger partial charge in [-0.2, -0.15) is 0 Å². The van der Waals surface area contributed by atoms with Crippen LogP contribution < -0.4 is 0 Å². The summed E-state index contributed by atoms with van der Waals surface area (Å²) in [5.74, 6) is -1.77. The molecular weight excluding hydrogens is 282 g/mol. The topological polar surface area (TPSA) is 66.8 Å². The van der Waals surface area contributed by atoms with Crippen LogP contribution in [0.4, 0.5) is 0 Å². The standard InChI is InChI=1S/C17H21NO4/c1-3-4-9-22-12(2)16(19)18-10-13-7-5-6-8-14(13)15(11-18)17(20)21/h3,5-8,12,15H,1,4,9-11H2,2H3,(H,20,21). The molecule has 5 heteroatoms. The number of aliphatic carboxylic acids is 1. The van der Waals surface area contributed by atoms with Crippen LogP contribution in [0.3, 0.4) is 0 Å². The molecule has 1 N–H and O–H groups in total. The first-order valence-corrected chi connectivity index (χ1v) is 7.36. The quantitative estimate of drug-likeness (QED) is 0.646. The minimum atomic E-state index is -0.912. The summed E-state index contributed by atoms with van der Waals surface area (Å²) in [5.41, 5.74) is 1.67. The molecule has 22 heavy (non-hydrogen) atoms. The van der Waals surface area contributed by atoms with E-state index in [1.54, 1.807) is 17.9 Å². The molecule has 2 rings (SSSR count). The van der Waals surface area contributed by atoms with E-state index in [4.69, 9.17) is 4.74 Å². The van der Waals surface area contributed by atoms with Gasteiger partial charge in [0.1, 0.15) is 6.10 Å². The Bertz CT molecular complexity index is 570. The van der Waals surface area contributed by atoms with E-state index in [0.29, 0.717) is 19.6 Å². The smallest absolute Gasteiger partial charge is 0.312 e. The minimum absolute atomic E-state index is 0.176. The zero-order chi connectivity index (χ0) is 16.1. The lowest BCUT2D eigenvalue weighted by Gasteiger charge is -2.34. The predicted molar refractivity (Wildman–Crippen MR) is 82.5 cm³/mol. The lowest BCUT2D eigenvalue weighted by atomic mass is 9.89. The fourth-order valence-electron chi connectivity index (χ4n) is 2.64. The number of nitrogens with zero attached hydrogens (tertiary/aromatic N) is 1. The summed E-state index contributed by atoms with van der Waals surface area (Å²) in [5, 5.41) is 9.42. The number of amides is 1. The molecule has 0 saturated carbocycles. The minimum Gasteiger partial charge on any atom is -0.481 e.